The van der Waals surface area contributed by atoms with Crippen molar-refractivity contribution in [2.75, 3.05) is 12.4 Å². The van der Waals surface area contributed by atoms with Gasteiger partial charge in [0.15, 0.2) is 0 Å². The van der Waals surface area contributed by atoms with E-state index in [9.17, 15) is 18.0 Å². The molecule has 0 aromatic heterocycles. The van der Waals surface area contributed by atoms with Crippen LogP contribution in [-0.4, -0.2) is 13.0 Å². The molecule has 2 aromatic rings. The van der Waals surface area contributed by atoms with Crippen molar-refractivity contribution >= 4 is 39.1 Å². The molecule has 0 atom stereocenters. The van der Waals surface area contributed by atoms with Crippen LogP contribution in [0.3, 0.4) is 0 Å². The summed E-state index contributed by atoms with van der Waals surface area (Å²) < 4.78 is 44.8. The number of hydrogen-bond acceptors (Lipinski definition) is 2. The highest BCUT2D eigenvalue weighted by molar-refractivity contribution is 9.10. The fourth-order valence-corrected chi connectivity index (χ4v) is 2.44. The minimum Gasteiger partial charge on any atom is -0.496 e. The molecule has 2 aromatic carbocycles. The normalized spacial score (nSPS) is 11.2. The summed E-state index contributed by atoms with van der Waals surface area (Å²) in [6, 6.07) is 7.77. The van der Waals surface area contributed by atoms with Crippen LogP contribution in [0.1, 0.15) is 15.9 Å². The second-order valence-corrected chi connectivity index (χ2v) is 5.84. The number of ether oxygens (including phenoxy) is 1. The van der Waals surface area contributed by atoms with E-state index in [0.717, 1.165) is 12.1 Å². The van der Waals surface area contributed by atoms with Gasteiger partial charge in [-0.3, -0.25) is 4.79 Å². The predicted octanol–water partition coefficient (Wildman–Crippen LogP) is 5.38. The van der Waals surface area contributed by atoms with Gasteiger partial charge in [-0.05, 0) is 36.4 Å². The monoisotopic (exact) mass is 407 g/mol. The highest BCUT2D eigenvalue weighted by Crippen LogP contribution is 2.37. The van der Waals surface area contributed by atoms with Gasteiger partial charge in [-0.25, -0.2) is 0 Å². The van der Waals surface area contributed by atoms with Gasteiger partial charge in [-0.2, -0.15) is 13.2 Å². The average molecular weight is 409 g/mol. The first-order chi connectivity index (χ1) is 10.7. The topological polar surface area (TPSA) is 38.3 Å². The van der Waals surface area contributed by atoms with E-state index in [-0.39, 0.29) is 22.0 Å². The van der Waals surface area contributed by atoms with E-state index in [1.807, 2.05) is 0 Å². The maximum atomic E-state index is 13.0. The summed E-state index contributed by atoms with van der Waals surface area (Å²) in [4.78, 5) is 12.3. The number of anilines is 1. The van der Waals surface area contributed by atoms with E-state index < -0.39 is 17.6 Å². The molecule has 3 nitrogen and oxygen atoms in total. The summed E-state index contributed by atoms with van der Waals surface area (Å²) in [6.07, 6.45) is -4.64. The lowest BCUT2D eigenvalue weighted by atomic mass is 10.1. The van der Waals surface area contributed by atoms with Crippen LogP contribution in [0.4, 0.5) is 18.9 Å². The number of halogens is 5. The highest BCUT2D eigenvalue weighted by Gasteiger charge is 2.34. The molecule has 122 valence electrons. The number of benzene rings is 2. The number of alkyl halides is 3. The smallest absolute Gasteiger partial charge is 0.418 e. The van der Waals surface area contributed by atoms with Crippen molar-refractivity contribution in [3.05, 3.63) is 57.0 Å². The second kappa shape index (κ2) is 6.80. The zero-order valence-corrected chi connectivity index (χ0v) is 14.0. The molecule has 8 heteroatoms. The van der Waals surface area contributed by atoms with Gasteiger partial charge in [0.1, 0.15) is 5.75 Å². The quantitative estimate of drug-likeness (QED) is 0.740. The summed E-state index contributed by atoms with van der Waals surface area (Å²) in [5, 5.41) is 2.17. The Hall–Kier alpha value is -1.73. The van der Waals surface area contributed by atoms with Gasteiger partial charge < -0.3 is 10.1 Å². The average Bonchev–Trinajstić information content (AvgIpc) is 2.48. The molecular weight excluding hydrogens is 399 g/mol. The van der Waals surface area contributed by atoms with Crippen molar-refractivity contribution in [3.8, 4) is 5.75 Å². The number of amides is 1. The third kappa shape index (κ3) is 4.17. The molecule has 2 rings (SSSR count). The molecule has 0 fully saturated rings. The van der Waals surface area contributed by atoms with Gasteiger partial charge >= 0.3 is 6.18 Å². The Morgan fingerprint density at radius 3 is 2.52 bits per heavy atom. The molecule has 0 radical (unpaired) electrons. The summed E-state index contributed by atoms with van der Waals surface area (Å²) in [7, 11) is 1.36. The molecule has 0 unspecified atom stereocenters. The Morgan fingerprint density at radius 1 is 1.22 bits per heavy atom. The molecule has 1 N–H and O–H groups in total. The number of carbonyl (C=O) groups excluding carboxylic acids is 1. The molecule has 0 heterocycles. The molecule has 0 saturated carbocycles. The van der Waals surface area contributed by atoms with E-state index in [2.05, 4.69) is 21.2 Å². The van der Waals surface area contributed by atoms with E-state index >= 15 is 0 Å². The number of carbonyl (C=O) groups is 1. The third-order valence-corrected chi connectivity index (χ3v) is 3.67. The molecule has 0 spiro atoms. The summed E-state index contributed by atoms with van der Waals surface area (Å²) in [6.45, 7) is 0. The van der Waals surface area contributed by atoms with Gasteiger partial charge in [-0.1, -0.05) is 27.5 Å². The van der Waals surface area contributed by atoms with Crippen LogP contribution in [0.15, 0.2) is 40.9 Å². The number of hydrogen-bond donors (Lipinski definition) is 1. The van der Waals surface area contributed by atoms with Crippen LogP contribution in [0.5, 0.6) is 5.75 Å². The van der Waals surface area contributed by atoms with Crippen molar-refractivity contribution in [2.24, 2.45) is 0 Å². The van der Waals surface area contributed by atoms with E-state index in [1.54, 1.807) is 6.07 Å². The van der Waals surface area contributed by atoms with Gasteiger partial charge in [0.25, 0.3) is 5.91 Å². The third-order valence-electron chi connectivity index (χ3n) is 2.94. The van der Waals surface area contributed by atoms with E-state index in [4.69, 9.17) is 16.3 Å². The molecule has 0 aliphatic heterocycles. The molecule has 0 saturated heterocycles. The maximum absolute atomic E-state index is 13.0. The lowest BCUT2D eigenvalue weighted by molar-refractivity contribution is -0.136. The number of methoxy groups -OCH3 is 1. The van der Waals surface area contributed by atoms with Gasteiger partial charge in [-0.15, -0.1) is 0 Å². The molecule has 0 bridgehead atoms. The molecule has 0 aliphatic carbocycles. The van der Waals surface area contributed by atoms with Gasteiger partial charge in [0, 0.05) is 9.50 Å². The van der Waals surface area contributed by atoms with Crippen LogP contribution in [0.25, 0.3) is 0 Å². The fourth-order valence-electron chi connectivity index (χ4n) is 1.91. The van der Waals surface area contributed by atoms with Crippen molar-refractivity contribution in [1.82, 2.24) is 0 Å². The molecular formula is C15H10BrClF3NO2. The summed E-state index contributed by atoms with van der Waals surface area (Å²) in [5.41, 5.74) is -1.30. The number of nitrogens with one attached hydrogen (secondary N) is 1. The zero-order chi connectivity index (χ0) is 17.2. The first-order valence-corrected chi connectivity index (χ1v) is 7.41. The minimum absolute atomic E-state index is 0.0737. The second-order valence-electron chi connectivity index (χ2n) is 4.49. The first kappa shape index (κ1) is 17.6. The van der Waals surface area contributed by atoms with Crippen LogP contribution in [-0.2, 0) is 6.18 Å². The lowest BCUT2D eigenvalue weighted by Crippen LogP contribution is -2.17. The summed E-state index contributed by atoms with van der Waals surface area (Å²) in [5.74, 6) is -0.482. The Bertz CT molecular complexity index is 750. The van der Waals surface area contributed by atoms with Crippen LogP contribution in [0.2, 0.25) is 5.02 Å². The highest BCUT2D eigenvalue weighted by atomic mass is 79.9. The van der Waals surface area contributed by atoms with Crippen molar-refractivity contribution in [3.63, 3.8) is 0 Å². The van der Waals surface area contributed by atoms with Crippen LogP contribution >= 0.6 is 27.5 Å². The standard InChI is InChI=1S/C15H10BrClF3NO2/c1-23-13-5-2-8(16)6-10(13)14(22)21-12-4-3-9(17)7-11(12)15(18,19)20/h2-7H,1H3,(H,21,22). The zero-order valence-electron chi connectivity index (χ0n) is 11.7. The van der Waals surface area contributed by atoms with E-state index in [0.29, 0.717) is 4.47 Å². The van der Waals surface area contributed by atoms with Crippen molar-refractivity contribution < 1.29 is 22.7 Å². The van der Waals surface area contributed by atoms with Crippen molar-refractivity contribution in [1.29, 1.82) is 0 Å². The fraction of sp³-hybridized carbons (Fsp3) is 0.133. The van der Waals surface area contributed by atoms with E-state index in [1.165, 1.54) is 25.3 Å². The first-order valence-electron chi connectivity index (χ1n) is 6.24. The SMILES string of the molecule is COc1ccc(Br)cc1C(=O)Nc1ccc(Cl)cc1C(F)(F)F. The molecule has 23 heavy (non-hydrogen) atoms. The van der Waals surface area contributed by atoms with Crippen molar-refractivity contribution in [2.45, 2.75) is 6.18 Å². The Morgan fingerprint density at radius 2 is 1.91 bits per heavy atom. The Labute approximate surface area is 143 Å². The maximum Gasteiger partial charge on any atom is 0.418 e. The van der Waals surface area contributed by atoms with Crippen LogP contribution in [0, 0.1) is 0 Å². The summed E-state index contributed by atoms with van der Waals surface area (Å²) >= 11 is 8.81. The number of rotatable bonds is 3. The van der Waals surface area contributed by atoms with Gasteiger partial charge in [0.2, 0.25) is 0 Å². The molecule has 1 amide bonds. The Balaban J connectivity index is 2.40. The minimum atomic E-state index is -4.64. The molecule has 0 aliphatic rings. The predicted molar refractivity (Wildman–Crippen MR) is 85.1 cm³/mol. The Kier molecular flexibility index (Phi) is 5.21. The van der Waals surface area contributed by atoms with Crippen LogP contribution < -0.4 is 10.1 Å². The van der Waals surface area contributed by atoms with Gasteiger partial charge in [0.05, 0.1) is 23.9 Å². The largest absolute Gasteiger partial charge is 0.496 e. The lowest BCUT2D eigenvalue weighted by Gasteiger charge is -2.15.